The Morgan fingerprint density at radius 3 is 2.19 bits per heavy atom. The van der Waals surface area contributed by atoms with E-state index in [0.29, 0.717) is 0 Å². The van der Waals surface area contributed by atoms with Crippen LogP contribution < -0.4 is 4.90 Å². The summed E-state index contributed by atoms with van der Waals surface area (Å²) in [5, 5.41) is 10.3. The Bertz CT molecular complexity index is 675. The first-order valence-electron chi connectivity index (χ1n) is 6.94. The summed E-state index contributed by atoms with van der Waals surface area (Å²) in [7, 11) is 0. The van der Waals surface area contributed by atoms with Crippen molar-refractivity contribution in [3.05, 3.63) is 72.3 Å². The molecule has 1 heterocycles. The molecule has 2 aromatic carbocycles. The quantitative estimate of drug-likeness (QED) is 0.919. The van der Waals surface area contributed by atoms with Gasteiger partial charge in [0.25, 0.3) is 0 Å². The van der Waals surface area contributed by atoms with Gasteiger partial charge in [0.05, 0.1) is 12.2 Å². The van der Waals surface area contributed by atoms with Crippen molar-refractivity contribution >= 4 is 17.2 Å². The van der Waals surface area contributed by atoms with Gasteiger partial charge in [0.15, 0.2) is 5.78 Å². The smallest absolute Gasteiger partial charge is 0.190 e. The highest BCUT2D eigenvalue weighted by atomic mass is 16.3. The fourth-order valence-corrected chi connectivity index (χ4v) is 2.51. The summed E-state index contributed by atoms with van der Waals surface area (Å²) in [6.45, 7) is 1.81. The number of benzene rings is 2. The number of hydrogen-bond donors (Lipinski definition) is 1. The lowest BCUT2D eigenvalue weighted by Gasteiger charge is -2.37. The lowest BCUT2D eigenvalue weighted by Crippen LogP contribution is -2.49. The fraction of sp³-hybridized carbons (Fsp3) is 0.167. The van der Waals surface area contributed by atoms with Gasteiger partial charge in [-0.1, -0.05) is 48.5 Å². The Balaban J connectivity index is 2.11. The molecule has 1 aliphatic rings. The van der Waals surface area contributed by atoms with Crippen LogP contribution in [0.4, 0.5) is 5.69 Å². The van der Waals surface area contributed by atoms with Gasteiger partial charge in [-0.25, -0.2) is 0 Å². The minimum Gasteiger partial charge on any atom is -0.380 e. The first-order chi connectivity index (χ1) is 10.1. The zero-order chi connectivity index (χ0) is 14.9. The highest BCUT2D eigenvalue weighted by Crippen LogP contribution is 2.32. The molecule has 2 aromatic rings. The average molecular weight is 279 g/mol. The summed E-state index contributed by atoms with van der Waals surface area (Å²) in [5.74, 6) is -0.256. The maximum Gasteiger partial charge on any atom is 0.190 e. The number of carbonyl (C=O) groups is 1. The molecule has 3 nitrogen and oxygen atoms in total. The van der Waals surface area contributed by atoms with E-state index in [1.54, 1.807) is 6.92 Å². The van der Waals surface area contributed by atoms with E-state index in [0.717, 1.165) is 16.9 Å². The van der Waals surface area contributed by atoms with Crippen molar-refractivity contribution in [1.29, 1.82) is 0 Å². The number of para-hydroxylation sites is 1. The molecule has 0 amide bonds. The minimum atomic E-state index is -1.37. The van der Waals surface area contributed by atoms with Gasteiger partial charge in [-0.2, -0.15) is 0 Å². The number of hydrogen-bond acceptors (Lipinski definition) is 3. The third-order valence-corrected chi connectivity index (χ3v) is 3.69. The first-order valence-corrected chi connectivity index (χ1v) is 6.94. The maximum atomic E-state index is 12.1. The van der Waals surface area contributed by atoms with Gasteiger partial charge < -0.3 is 10.0 Å². The van der Waals surface area contributed by atoms with E-state index < -0.39 is 5.60 Å². The lowest BCUT2D eigenvalue weighted by atomic mass is 9.92. The highest BCUT2D eigenvalue weighted by Gasteiger charge is 2.37. The molecule has 1 atom stereocenters. The van der Waals surface area contributed by atoms with Crippen LogP contribution >= 0.6 is 0 Å². The Morgan fingerprint density at radius 2 is 1.57 bits per heavy atom. The van der Waals surface area contributed by atoms with Crippen molar-refractivity contribution in [3.8, 4) is 0 Å². The van der Waals surface area contributed by atoms with Crippen molar-refractivity contribution in [1.82, 2.24) is 0 Å². The Hall–Kier alpha value is -2.39. The number of nitrogens with zero attached hydrogens (tertiary/aromatic N) is 1. The number of carbonyl (C=O) groups excluding carboxylic acids is 1. The van der Waals surface area contributed by atoms with Crippen molar-refractivity contribution in [2.24, 2.45) is 0 Å². The molecular formula is C18H17NO2. The zero-order valence-electron chi connectivity index (χ0n) is 11.9. The molecule has 1 unspecified atom stereocenters. The van der Waals surface area contributed by atoms with Gasteiger partial charge in [-0.15, -0.1) is 0 Å². The van der Waals surface area contributed by atoms with Crippen molar-refractivity contribution in [2.75, 3.05) is 11.4 Å². The van der Waals surface area contributed by atoms with Crippen LogP contribution in [0.25, 0.3) is 5.70 Å². The van der Waals surface area contributed by atoms with Crippen molar-refractivity contribution in [3.63, 3.8) is 0 Å². The molecule has 1 N–H and O–H groups in total. The molecule has 0 aliphatic carbocycles. The minimum absolute atomic E-state index is 0.247. The van der Waals surface area contributed by atoms with E-state index in [9.17, 15) is 9.90 Å². The van der Waals surface area contributed by atoms with Crippen LogP contribution in [0.3, 0.4) is 0 Å². The number of aliphatic hydroxyl groups is 1. The van der Waals surface area contributed by atoms with Gasteiger partial charge in [0, 0.05) is 11.8 Å². The van der Waals surface area contributed by atoms with Crippen molar-refractivity contribution in [2.45, 2.75) is 12.5 Å². The summed E-state index contributed by atoms with van der Waals surface area (Å²) < 4.78 is 0. The normalized spacial score (nSPS) is 22.1. The van der Waals surface area contributed by atoms with Crippen LogP contribution in [0.2, 0.25) is 0 Å². The topological polar surface area (TPSA) is 40.5 Å². The number of rotatable bonds is 2. The van der Waals surface area contributed by atoms with Gasteiger partial charge in [0.1, 0.15) is 5.60 Å². The van der Waals surface area contributed by atoms with Crippen LogP contribution in [0.15, 0.2) is 66.7 Å². The third kappa shape index (κ3) is 2.60. The van der Waals surface area contributed by atoms with Crippen molar-refractivity contribution < 1.29 is 9.90 Å². The zero-order valence-corrected chi connectivity index (χ0v) is 11.9. The molecule has 21 heavy (non-hydrogen) atoms. The standard InChI is InChI=1S/C18H17NO2/c1-18(21)13-19(15-10-6-3-7-11-15)16(12-17(18)20)14-8-4-2-5-9-14/h2-12,21H,13H2,1H3. The molecule has 0 saturated heterocycles. The predicted octanol–water partition coefficient (Wildman–Crippen LogP) is 2.87. The second-order valence-electron chi connectivity index (χ2n) is 5.46. The molecule has 3 rings (SSSR count). The van der Waals surface area contributed by atoms with E-state index in [4.69, 9.17) is 0 Å². The summed E-state index contributed by atoms with van der Waals surface area (Å²) in [5.41, 5.74) is 1.37. The molecule has 0 saturated carbocycles. The Morgan fingerprint density at radius 1 is 1.00 bits per heavy atom. The molecule has 0 aromatic heterocycles. The van der Waals surface area contributed by atoms with Crippen LogP contribution in [0, 0.1) is 0 Å². The summed E-state index contributed by atoms with van der Waals surface area (Å²) in [6, 6.07) is 19.6. The molecule has 106 valence electrons. The van der Waals surface area contributed by atoms with E-state index in [-0.39, 0.29) is 12.3 Å². The second kappa shape index (κ2) is 5.19. The predicted molar refractivity (Wildman–Crippen MR) is 83.8 cm³/mol. The van der Waals surface area contributed by atoms with Gasteiger partial charge in [-0.3, -0.25) is 4.79 Å². The van der Waals surface area contributed by atoms with Gasteiger partial charge in [0.2, 0.25) is 0 Å². The third-order valence-electron chi connectivity index (χ3n) is 3.69. The summed E-state index contributed by atoms with van der Waals surface area (Å²) in [4.78, 5) is 14.1. The van der Waals surface area contributed by atoms with E-state index >= 15 is 0 Å². The largest absolute Gasteiger partial charge is 0.380 e. The van der Waals surface area contributed by atoms with Crippen LogP contribution in [0.1, 0.15) is 12.5 Å². The first kappa shape index (κ1) is 13.6. The molecule has 1 aliphatic heterocycles. The van der Waals surface area contributed by atoms with E-state index in [2.05, 4.69) is 0 Å². The lowest BCUT2D eigenvalue weighted by molar-refractivity contribution is -0.129. The number of β-amino-alcohol motifs (C(OH)–C–C–N with tert-alkyl or cyclic N) is 1. The molecule has 0 bridgehead atoms. The van der Waals surface area contributed by atoms with Crippen LogP contribution in [-0.4, -0.2) is 23.0 Å². The number of anilines is 1. The molecule has 0 fully saturated rings. The summed E-state index contributed by atoms with van der Waals surface area (Å²) in [6.07, 6.45) is 1.53. The molecule has 3 heteroatoms. The van der Waals surface area contributed by atoms with Gasteiger partial charge >= 0.3 is 0 Å². The Labute approximate surface area is 124 Å². The maximum absolute atomic E-state index is 12.1. The fourth-order valence-electron chi connectivity index (χ4n) is 2.51. The monoisotopic (exact) mass is 279 g/mol. The molecule has 0 spiro atoms. The molecule has 0 radical (unpaired) electrons. The van der Waals surface area contributed by atoms with E-state index in [1.165, 1.54) is 6.08 Å². The Kier molecular flexibility index (Phi) is 3.35. The summed E-state index contributed by atoms with van der Waals surface area (Å²) >= 11 is 0. The SMILES string of the molecule is CC1(O)CN(c2ccccc2)C(c2ccccc2)=CC1=O. The second-order valence-corrected chi connectivity index (χ2v) is 5.46. The van der Waals surface area contributed by atoms with E-state index in [1.807, 2.05) is 65.6 Å². The molecular weight excluding hydrogens is 262 g/mol. The highest BCUT2D eigenvalue weighted by molar-refractivity contribution is 6.07. The number of ketones is 1. The van der Waals surface area contributed by atoms with Crippen LogP contribution in [0.5, 0.6) is 0 Å². The average Bonchev–Trinajstić information content (AvgIpc) is 2.51. The van der Waals surface area contributed by atoms with Gasteiger partial charge in [-0.05, 0) is 24.6 Å². The van der Waals surface area contributed by atoms with Crippen LogP contribution in [-0.2, 0) is 4.79 Å².